The molecule has 0 spiro atoms. The van der Waals surface area contributed by atoms with Crippen molar-refractivity contribution in [3.8, 4) is 17.2 Å². The Labute approximate surface area is 152 Å². The average molecular weight is 360 g/mol. The summed E-state index contributed by atoms with van der Waals surface area (Å²) in [6.45, 7) is 2.01. The lowest BCUT2D eigenvalue weighted by molar-refractivity contribution is -0.119. The molecular formula is C18H24N4O4. The van der Waals surface area contributed by atoms with Gasteiger partial charge in [-0.3, -0.25) is 4.79 Å². The van der Waals surface area contributed by atoms with Crippen LogP contribution in [0.15, 0.2) is 24.4 Å². The first kappa shape index (κ1) is 18.1. The van der Waals surface area contributed by atoms with E-state index in [-0.39, 0.29) is 11.8 Å². The molecule has 1 aliphatic rings. The van der Waals surface area contributed by atoms with Crippen molar-refractivity contribution in [2.45, 2.75) is 13.0 Å². The van der Waals surface area contributed by atoms with Crippen molar-refractivity contribution in [1.29, 1.82) is 0 Å². The van der Waals surface area contributed by atoms with Crippen LogP contribution in [0.25, 0.3) is 0 Å². The van der Waals surface area contributed by atoms with Gasteiger partial charge in [0.1, 0.15) is 5.82 Å². The average Bonchev–Trinajstić information content (AvgIpc) is 3.33. The quantitative estimate of drug-likeness (QED) is 0.778. The van der Waals surface area contributed by atoms with Crippen LogP contribution in [0.4, 0.5) is 5.82 Å². The molecule has 3 rings (SSSR count). The smallest absolute Gasteiger partial charge is 0.229 e. The maximum Gasteiger partial charge on any atom is 0.229 e. The van der Waals surface area contributed by atoms with E-state index in [1.54, 1.807) is 38.3 Å². The Kier molecular flexibility index (Phi) is 5.62. The van der Waals surface area contributed by atoms with Crippen molar-refractivity contribution >= 4 is 11.7 Å². The second-order valence-corrected chi connectivity index (χ2v) is 6.05. The van der Waals surface area contributed by atoms with Gasteiger partial charge in [0.05, 0.1) is 40.0 Å². The normalized spacial score (nSPS) is 16.3. The van der Waals surface area contributed by atoms with Crippen LogP contribution in [0.2, 0.25) is 0 Å². The van der Waals surface area contributed by atoms with Gasteiger partial charge < -0.3 is 24.8 Å². The molecule has 8 heteroatoms. The summed E-state index contributed by atoms with van der Waals surface area (Å²) in [5.74, 6) is 2.36. The number of carbonyl (C=O) groups is 1. The fourth-order valence-corrected chi connectivity index (χ4v) is 3.12. The van der Waals surface area contributed by atoms with Gasteiger partial charge in [-0.25, -0.2) is 4.68 Å². The topological polar surface area (TPSA) is 86.6 Å². The molecule has 1 aliphatic heterocycles. The van der Waals surface area contributed by atoms with Gasteiger partial charge in [0.15, 0.2) is 11.5 Å². The minimum atomic E-state index is -0.00559. The molecule has 2 N–H and O–H groups in total. The Morgan fingerprint density at radius 1 is 1.23 bits per heavy atom. The number of nitrogens with zero attached hydrogens (tertiary/aromatic N) is 2. The number of rotatable bonds is 7. The molecule has 1 aromatic heterocycles. The Morgan fingerprint density at radius 3 is 2.69 bits per heavy atom. The van der Waals surface area contributed by atoms with Crippen molar-refractivity contribution in [1.82, 2.24) is 15.1 Å². The van der Waals surface area contributed by atoms with Gasteiger partial charge in [-0.05, 0) is 25.1 Å². The first-order valence-corrected chi connectivity index (χ1v) is 8.49. The van der Waals surface area contributed by atoms with E-state index in [2.05, 4.69) is 15.7 Å². The number of carbonyl (C=O) groups excluding carboxylic acids is 1. The van der Waals surface area contributed by atoms with Gasteiger partial charge in [-0.15, -0.1) is 0 Å². The summed E-state index contributed by atoms with van der Waals surface area (Å²) in [7, 11) is 4.73. The van der Waals surface area contributed by atoms with Gasteiger partial charge >= 0.3 is 0 Å². The van der Waals surface area contributed by atoms with Crippen LogP contribution in [0.1, 0.15) is 12.0 Å². The highest BCUT2D eigenvalue weighted by Gasteiger charge is 2.23. The maximum atomic E-state index is 12.4. The van der Waals surface area contributed by atoms with Crippen LogP contribution >= 0.6 is 0 Å². The van der Waals surface area contributed by atoms with Crippen molar-refractivity contribution in [3.05, 3.63) is 30.0 Å². The number of benzene rings is 1. The highest BCUT2D eigenvalue weighted by Crippen LogP contribution is 2.40. The lowest BCUT2D eigenvalue weighted by Gasteiger charge is -2.17. The Bertz CT molecular complexity index is 769. The third-order valence-corrected chi connectivity index (χ3v) is 4.50. The van der Waals surface area contributed by atoms with Crippen molar-refractivity contribution in [3.63, 3.8) is 0 Å². The maximum absolute atomic E-state index is 12.4. The Morgan fingerprint density at radius 2 is 2.04 bits per heavy atom. The van der Waals surface area contributed by atoms with Crippen molar-refractivity contribution in [2.24, 2.45) is 5.92 Å². The number of anilines is 1. The molecule has 2 aromatic rings. The van der Waals surface area contributed by atoms with E-state index >= 15 is 0 Å². The Hall–Kier alpha value is -2.74. The summed E-state index contributed by atoms with van der Waals surface area (Å²) in [6.07, 6.45) is 2.51. The number of ether oxygens (including phenoxy) is 3. The Balaban J connectivity index is 1.82. The number of methoxy groups -OCH3 is 3. The van der Waals surface area contributed by atoms with Gasteiger partial charge in [-0.2, -0.15) is 5.10 Å². The summed E-state index contributed by atoms with van der Waals surface area (Å²) >= 11 is 0. The molecule has 0 aliphatic carbocycles. The van der Waals surface area contributed by atoms with Crippen LogP contribution in [0.5, 0.6) is 17.2 Å². The van der Waals surface area contributed by atoms with E-state index in [0.29, 0.717) is 36.2 Å². The highest BCUT2D eigenvalue weighted by atomic mass is 16.5. The predicted molar refractivity (Wildman–Crippen MR) is 97.0 cm³/mol. The third kappa shape index (κ3) is 3.60. The number of aromatic nitrogens is 2. The molecular weight excluding hydrogens is 336 g/mol. The third-order valence-electron chi connectivity index (χ3n) is 4.50. The zero-order valence-electron chi connectivity index (χ0n) is 15.2. The minimum absolute atomic E-state index is 0.00559. The van der Waals surface area contributed by atoms with E-state index in [9.17, 15) is 4.79 Å². The molecule has 0 radical (unpaired) electrons. The standard InChI is InChI=1S/C18H24N4O4/c1-24-14-5-4-13(16(25-2)17(14)26-3)11-22-15(7-9-20-22)21-18(23)12-6-8-19-10-12/h4-5,7,9,12,19H,6,8,10-11H2,1-3H3,(H,21,23). The first-order valence-electron chi connectivity index (χ1n) is 8.49. The van der Waals surface area contributed by atoms with Crippen molar-refractivity contribution < 1.29 is 19.0 Å². The van der Waals surface area contributed by atoms with Crippen LogP contribution in [0, 0.1) is 5.92 Å². The molecule has 1 saturated heterocycles. The molecule has 1 unspecified atom stereocenters. The zero-order chi connectivity index (χ0) is 18.5. The van der Waals surface area contributed by atoms with Crippen LogP contribution in [-0.4, -0.2) is 50.1 Å². The lowest BCUT2D eigenvalue weighted by atomic mass is 10.1. The van der Waals surface area contributed by atoms with E-state index in [1.165, 1.54) is 0 Å². The van der Waals surface area contributed by atoms with Crippen LogP contribution in [-0.2, 0) is 11.3 Å². The van der Waals surface area contributed by atoms with E-state index in [1.807, 2.05) is 12.1 Å². The van der Waals surface area contributed by atoms with E-state index < -0.39 is 0 Å². The second kappa shape index (κ2) is 8.09. The van der Waals surface area contributed by atoms with E-state index in [0.717, 1.165) is 18.5 Å². The molecule has 0 saturated carbocycles. The highest BCUT2D eigenvalue weighted by molar-refractivity contribution is 5.92. The largest absolute Gasteiger partial charge is 0.493 e. The molecule has 140 valence electrons. The first-order chi connectivity index (χ1) is 12.7. The minimum Gasteiger partial charge on any atom is -0.493 e. The molecule has 1 aromatic carbocycles. The number of amides is 1. The molecule has 0 bridgehead atoms. The summed E-state index contributed by atoms with van der Waals surface area (Å²) < 4.78 is 18.0. The molecule has 8 nitrogen and oxygen atoms in total. The molecule has 26 heavy (non-hydrogen) atoms. The van der Waals surface area contributed by atoms with E-state index in [4.69, 9.17) is 14.2 Å². The summed E-state index contributed by atoms with van der Waals surface area (Å²) in [4.78, 5) is 12.4. The van der Waals surface area contributed by atoms with Crippen molar-refractivity contribution in [2.75, 3.05) is 39.7 Å². The molecule has 2 heterocycles. The van der Waals surface area contributed by atoms with Gasteiger partial charge in [0.2, 0.25) is 11.7 Å². The number of hydrogen-bond donors (Lipinski definition) is 2. The predicted octanol–water partition coefficient (Wildman–Crippen LogP) is 1.51. The molecule has 1 atom stereocenters. The van der Waals surface area contributed by atoms with Gasteiger partial charge in [-0.1, -0.05) is 0 Å². The van der Waals surface area contributed by atoms with Gasteiger partial charge in [0, 0.05) is 18.2 Å². The summed E-state index contributed by atoms with van der Waals surface area (Å²) in [6, 6.07) is 5.50. The fraction of sp³-hybridized carbons (Fsp3) is 0.444. The summed E-state index contributed by atoms with van der Waals surface area (Å²) in [5, 5.41) is 10.5. The number of hydrogen-bond acceptors (Lipinski definition) is 6. The van der Waals surface area contributed by atoms with Gasteiger partial charge in [0.25, 0.3) is 0 Å². The molecule has 1 amide bonds. The summed E-state index contributed by atoms with van der Waals surface area (Å²) in [5.41, 5.74) is 0.867. The second-order valence-electron chi connectivity index (χ2n) is 6.05. The van der Waals surface area contributed by atoms with Crippen LogP contribution in [0.3, 0.4) is 0 Å². The van der Waals surface area contributed by atoms with Crippen LogP contribution < -0.4 is 24.8 Å². The lowest BCUT2D eigenvalue weighted by Crippen LogP contribution is -2.26. The SMILES string of the molecule is COc1ccc(Cn2nccc2NC(=O)C2CCNC2)c(OC)c1OC. The zero-order valence-corrected chi connectivity index (χ0v) is 15.2. The number of nitrogens with one attached hydrogen (secondary N) is 2. The monoisotopic (exact) mass is 360 g/mol. The fourth-order valence-electron chi connectivity index (χ4n) is 3.12. The molecule has 1 fully saturated rings.